The second-order valence-corrected chi connectivity index (χ2v) is 3.41. The zero-order valence-electron chi connectivity index (χ0n) is 8.22. The Hall–Kier alpha value is -1.24. The SMILES string of the molecule is COC(=O)c1c(CBr)c(C(F)F)c[nH]c1=O. The highest BCUT2D eigenvalue weighted by atomic mass is 79.9. The van der Waals surface area contributed by atoms with E-state index in [1.807, 2.05) is 0 Å². The van der Waals surface area contributed by atoms with Crippen LogP contribution >= 0.6 is 15.9 Å². The Labute approximate surface area is 97.7 Å². The van der Waals surface area contributed by atoms with Crippen LogP contribution in [0.1, 0.15) is 27.9 Å². The summed E-state index contributed by atoms with van der Waals surface area (Å²) in [6, 6.07) is 0. The van der Waals surface area contributed by atoms with Gasteiger partial charge in [0.2, 0.25) is 0 Å². The molecule has 0 spiro atoms. The minimum atomic E-state index is -2.77. The number of H-pyrrole nitrogens is 1. The van der Waals surface area contributed by atoms with E-state index in [1.165, 1.54) is 0 Å². The van der Waals surface area contributed by atoms with E-state index < -0.39 is 29.1 Å². The fourth-order valence-corrected chi connectivity index (χ4v) is 1.84. The van der Waals surface area contributed by atoms with Gasteiger partial charge in [-0.1, -0.05) is 15.9 Å². The summed E-state index contributed by atoms with van der Waals surface area (Å²) in [5.41, 5.74) is -1.58. The summed E-state index contributed by atoms with van der Waals surface area (Å²) in [4.78, 5) is 24.7. The number of pyridine rings is 1. The normalized spacial score (nSPS) is 10.6. The fraction of sp³-hybridized carbons (Fsp3) is 0.333. The number of nitrogens with one attached hydrogen (secondary N) is 1. The van der Waals surface area contributed by atoms with Gasteiger partial charge < -0.3 is 9.72 Å². The lowest BCUT2D eigenvalue weighted by Crippen LogP contribution is -2.22. The second-order valence-electron chi connectivity index (χ2n) is 2.85. The third kappa shape index (κ3) is 2.29. The van der Waals surface area contributed by atoms with Gasteiger partial charge in [-0.15, -0.1) is 0 Å². The maximum Gasteiger partial charge on any atom is 0.343 e. The number of hydrogen-bond donors (Lipinski definition) is 1. The molecule has 0 saturated heterocycles. The van der Waals surface area contributed by atoms with Gasteiger partial charge in [0, 0.05) is 17.1 Å². The molecule has 1 rings (SSSR count). The van der Waals surface area contributed by atoms with Crippen LogP contribution < -0.4 is 5.56 Å². The average Bonchev–Trinajstić information content (AvgIpc) is 2.26. The summed E-state index contributed by atoms with van der Waals surface area (Å²) in [5, 5.41) is -0.0268. The molecule has 4 nitrogen and oxygen atoms in total. The topological polar surface area (TPSA) is 59.2 Å². The molecule has 0 aliphatic rings. The quantitative estimate of drug-likeness (QED) is 0.685. The Morgan fingerprint density at radius 2 is 2.25 bits per heavy atom. The van der Waals surface area contributed by atoms with Crippen LogP contribution in [0.4, 0.5) is 8.78 Å². The third-order valence-corrected chi connectivity index (χ3v) is 2.56. The molecule has 0 unspecified atom stereocenters. The molecule has 1 aromatic rings. The van der Waals surface area contributed by atoms with E-state index in [0.29, 0.717) is 0 Å². The van der Waals surface area contributed by atoms with Gasteiger partial charge in [-0.25, -0.2) is 13.6 Å². The van der Waals surface area contributed by atoms with Crippen LogP contribution in [-0.2, 0) is 10.1 Å². The molecule has 0 aromatic carbocycles. The Morgan fingerprint density at radius 1 is 1.62 bits per heavy atom. The van der Waals surface area contributed by atoms with Gasteiger partial charge in [0.15, 0.2) is 0 Å². The lowest BCUT2D eigenvalue weighted by atomic mass is 10.1. The van der Waals surface area contributed by atoms with Crippen LogP contribution in [0, 0.1) is 0 Å². The second kappa shape index (κ2) is 5.20. The number of halogens is 3. The number of carbonyl (C=O) groups excluding carboxylic acids is 1. The van der Waals surface area contributed by atoms with E-state index in [2.05, 4.69) is 25.7 Å². The van der Waals surface area contributed by atoms with Crippen molar-refractivity contribution in [2.24, 2.45) is 0 Å². The maximum atomic E-state index is 12.6. The van der Waals surface area contributed by atoms with Crippen molar-refractivity contribution in [3.63, 3.8) is 0 Å². The molecule has 0 fully saturated rings. The van der Waals surface area contributed by atoms with Crippen molar-refractivity contribution in [3.05, 3.63) is 33.2 Å². The van der Waals surface area contributed by atoms with E-state index in [0.717, 1.165) is 13.3 Å². The molecule has 88 valence electrons. The molecule has 0 aliphatic heterocycles. The Kier molecular flexibility index (Phi) is 4.17. The molecule has 0 amide bonds. The molecule has 7 heteroatoms. The van der Waals surface area contributed by atoms with Gasteiger partial charge in [-0.2, -0.15) is 0 Å². The Balaban J connectivity index is 3.50. The smallest absolute Gasteiger partial charge is 0.343 e. The number of aromatic amines is 1. The van der Waals surface area contributed by atoms with Crippen molar-refractivity contribution in [1.82, 2.24) is 4.98 Å². The first-order chi connectivity index (χ1) is 7.52. The number of carbonyl (C=O) groups is 1. The van der Waals surface area contributed by atoms with E-state index in [-0.39, 0.29) is 10.9 Å². The standard InChI is InChI=1S/C9H8BrF2NO3/c1-16-9(15)6-4(2-10)5(7(11)12)3-13-8(6)14/h3,7H,2H2,1H3,(H,13,14). The van der Waals surface area contributed by atoms with Crippen molar-refractivity contribution in [1.29, 1.82) is 0 Å². The van der Waals surface area contributed by atoms with Crippen molar-refractivity contribution >= 4 is 21.9 Å². The van der Waals surface area contributed by atoms with Gasteiger partial charge in [0.25, 0.3) is 12.0 Å². The van der Waals surface area contributed by atoms with Crippen LogP contribution in [0.15, 0.2) is 11.0 Å². The van der Waals surface area contributed by atoms with Crippen LogP contribution in [0.3, 0.4) is 0 Å². The molecule has 0 radical (unpaired) electrons. The first-order valence-electron chi connectivity index (χ1n) is 4.19. The summed E-state index contributed by atoms with van der Waals surface area (Å²) >= 11 is 2.97. The summed E-state index contributed by atoms with van der Waals surface area (Å²) < 4.78 is 29.6. The van der Waals surface area contributed by atoms with Gasteiger partial charge in [-0.05, 0) is 5.56 Å². The van der Waals surface area contributed by atoms with Crippen molar-refractivity contribution < 1.29 is 18.3 Å². The molecule has 1 aromatic heterocycles. The number of methoxy groups -OCH3 is 1. The molecule has 0 aliphatic carbocycles. The lowest BCUT2D eigenvalue weighted by Gasteiger charge is -2.09. The minimum Gasteiger partial charge on any atom is -0.465 e. The minimum absolute atomic E-state index is 0.0268. The van der Waals surface area contributed by atoms with Crippen molar-refractivity contribution in [3.8, 4) is 0 Å². The third-order valence-electron chi connectivity index (χ3n) is 1.99. The Bertz CT molecular complexity index is 459. The summed E-state index contributed by atoms with van der Waals surface area (Å²) in [6.07, 6.45) is -1.87. The Morgan fingerprint density at radius 3 is 2.69 bits per heavy atom. The van der Waals surface area contributed by atoms with Gasteiger partial charge in [0.05, 0.1) is 7.11 Å². The van der Waals surface area contributed by atoms with E-state index in [1.54, 1.807) is 0 Å². The zero-order valence-corrected chi connectivity index (χ0v) is 9.81. The highest BCUT2D eigenvalue weighted by Crippen LogP contribution is 2.25. The van der Waals surface area contributed by atoms with Crippen LogP contribution in [0.2, 0.25) is 0 Å². The average molecular weight is 296 g/mol. The van der Waals surface area contributed by atoms with Gasteiger partial charge >= 0.3 is 5.97 Å². The van der Waals surface area contributed by atoms with Crippen LogP contribution in [-0.4, -0.2) is 18.1 Å². The number of rotatable bonds is 3. The zero-order chi connectivity index (χ0) is 12.3. The van der Waals surface area contributed by atoms with E-state index in [9.17, 15) is 18.4 Å². The predicted molar refractivity (Wildman–Crippen MR) is 56.0 cm³/mol. The predicted octanol–water partition coefficient (Wildman–Crippen LogP) is 1.99. The molecule has 16 heavy (non-hydrogen) atoms. The number of alkyl halides is 3. The molecular formula is C9H8BrF2NO3. The molecular weight excluding hydrogens is 288 g/mol. The molecule has 0 atom stereocenters. The van der Waals surface area contributed by atoms with Crippen molar-refractivity contribution in [2.45, 2.75) is 11.8 Å². The van der Waals surface area contributed by atoms with E-state index >= 15 is 0 Å². The summed E-state index contributed by atoms with van der Waals surface area (Å²) in [5.74, 6) is -0.932. The largest absolute Gasteiger partial charge is 0.465 e. The molecule has 0 bridgehead atoms. The number of aromatic nitrogens is 1. The van der Waals surface area contributed by atoms with Crippen molar-refractivity contribution in [2.75, 3.05) is 7.11 Å². The number of esters is 1. The number of ether oxygens (including phenoxy) is 1. The fourth-order valence-electron chi connectivity index (χ4n) is 1.24. The van der Waals surface area contributed by atoms with Gasteiger partial charge in [0.1, 0.15) is 5.56 Å². The molecule has 1 N–H and O–H groups in total. The molecule has 1 heterocycles. The highest BCUT2D eigenvalue weighted by Gasteiger charge is 2.23. The monoisotopic (exact) mass is 295 g/mol. The summed E-state index contributed by atoms with van der Waals surface area (Å²) in [6.45, 7) is 0. The first-order valence-corrected chi connectivity index (χ1v) is 5.32. The van der Waals surface area contributed by atoms with E-state index in [4.69, 9.17) is 0 Å². The summed E-state index contributed by atoms with van der Waals surface area (Å²) in [7, 11) is 1.08. The number of hydrogen-bond acceptors (Lipinski definition) is 3. The van der Waals surface area contributed by atoms with Crippen LogP contribution in [0.5, 0.6) is 0 Å². The molecule has 0 saturated carbocycles. The first kappa shape index (κ1) is 12.8. The highest BCUT2D eigenvalue weighted by molar-refractivity contribution is 9.08. The lowest BCUT2D eigenvalue weighted by molar-refractivity contribution is 0.0597. The van der Waals surface area contributed by atoms with Gasteiger partial charge in [-0.3, -0.25) is 4.79 Å². The van der Waals surface area contributed by atoms with Crippen LogP contribution in [0.25, 0.3) is 0 Å². The maximum absolute atomic E-state index is 12.6.